The van der Waals surface area contributed by atoms with E-state index in [0.29, 0.717) is 12.8 Å². The lowest BCUT2D eigenvalue weighted by Crippen LogP contribution is -2.33. The van der Waals surface area contributed by atoms with Gasteiger partial charge in [0.2, 0.25) is 6.41 Å². The minimum Gasteiger partial charge on any atom is -0.508 e. The van der Waals surface area contributed by atoms with Crippen molar-refractivity contribution in [3.05, 3.63) is 76.5 Å². The smallest absolute Gasteiger partial charge is 0.221 e. The van der Waals surface area contributed by atoms with Crippen molar-refractivity contribution < 1.29 is 19.5 Å². The van der Waals surface area contributed by atoms with Crippen molar-refractivity contribution in [2.45, 2.75) is 78.9 Å². The number of unbranched alkanes of at least 4 members (excludes halogenated alkanes) is 3. The molecule has 3 rings (SSSR count). The number of hydrogen-bond donors (Lipinski definition) is 2. The highest BCUT2D eigenvalue weighted by Crippen LogP contribution is 2.37. The highest BCUT2D eigenvalue weighted by Gasteiger charge is 2.26. The number of aryl methyl sites for hydroxylation is 2. The zero-order chi connectivity index (χ0) is 34.4. The molecule has 0 radical (unpaired) electrons. The van der Waals surface area contributed by atoms with Crippen LogP contribution in [-0.2, 0) is 33.8 Å². The van der Waals surface area contributed by atoms with Crippen molar-refractivity contribution >= 4 is 29.6 Å². The van der Waals surface area contributed by atoms with Crippen LogP contribution in [0.25, 0.3) is 28.1 Å². The average Bonchev–Trinajstić information content (AvgIpc) is 3.33. The molecule has 0 aliphatic carbocycles. The first-order chi connectivity index (χ1) is 22.6. The van der Waals surface area contributed by atoms with Gasteiger partial charge >= 0.3 is 0 Å². The topological polar surface area (TPSA) is 118 Å². The Kier molecular flexibility index (Phi) is 14.4. The normalized spacial score (nSPS) is 13.0. The summed E-state index contributed by atoms with van der Waals surface area (Å²) in [7, 11) is 3.52. The molecule has 0 saturated heterocycles. The molecule has 1 heterocycles. The number of carbonyl (C=O) groups excluding carboxylic acids is 1. The third kappa shape index (κ3) is 10.6. The Morgan fingerprint density at radius 2 is 1.91 bits per heavy atom. The lowest BCUT2D eigenvalue weighted by molar-refractivity contribution is -0.113. The molecule has 10 heteroatoms. The summed E-state index contributed by atoms with van der Waals surface area (Å²) < 4.78 is 7.93. The molecule has 10 nitrogen and oxygen atoms in total. The van der Waals surface area contributed by atoms with E-state index in [0.717, 1.165) is 89.7 Å². The van der Waals surface area contributed by atoms with Crippen LogP contribution in [0.1, 0.15) is 70.2 Å². The Labute approximate surface area is 279 Å². The molecule has 1 atom stereocenters. The van der Waals surface area contributed by atoms with E-state index < -0.39 is 5.41 Å². The number of allylic oxidation sites excluding steroid dienone is 1. The van der Waals surface area contributed by atoms with Gasteiger partial charge in [0.1, 0.15) is 12.4 Å². The van der Waals surface area contributed by atoms with Crippen LogP contribution in [0.15, 0.2) is 65.1 Å². The van der Waals surface area contributed by atoms with Gasteiger partial charge < -0.3 is 19.2 Å². The number of hydrazine groups is 1. The molecular formula is C37H51N5O5. The van der Waals surface area contributed by atoms with Crippen molar-refractivity contribution in [1.82, 2.24) is 15.0 Å². The van der Waals surface area contributed by atoms with Gasteiger partial charge in [0.15, 0.2) is 5.34 Å². The third-order valence-electron chi connectivity index (χ3n) is 8.37. The Balaban J connectivity index is 2.04. The van der Waals surface area contributed by atoms with Crippen LogP contribution in [0.4, 0.5) is 0 Å². The van der Waals surface area contributed by atoms with Crippen molar-refractivity contribution in [2.24, 2.45) is 15.7 Å². The summed E-state index contributed by atoms with van der Waals surface area (Å²) >= 11 is 0. The fraction of sp³-hybridized carbons (Fsp3) is 0.459. The van der Waals surface area contributed by atoms with Gasteiger partial charge in [-0.2, -0.15) is 0 Å². The summed E-state index contributed by atoms with van der Waals surface area (Å²) in [6.45, 7) is 13.7. The third-order valence-corrected chi connectivity index (χ3v) is 8.37. The number of nitrogens with zero attached hydrogens (tertiary/aromatic N) is 4. The number of aromatic nitrogens is 1. The molecule has 2 N–H and O–H groups in total. The average molecular weight is 646 g/mol. The Morgan fingerprint density at radius 1 is 1.15 bits per heavy atom. The van der Waals surface area contributed by atoms with Gasteiger partial charge in [-0.15, -0.1) is 4.91 Å². The van der Waals surface area contributed by atoms with Crippen LogP contribution in [-0.4, -0.2) is 60.7 Å². The molecule has 0 bridgehead atoms. The second-order valence-corrected chi connectivity index (χ2v) is 12.7. The number of amides is 1. The number of hydrogen-bond acceptors (Lipinski definition) is 8. The molecule has 0 aliphatic heterocycles. The molecule has 0 spiro atoms. The SMILES string of the molecule is C=CC=N/C(=C/c1c(CC(C)(C)CON=O)c2cc(-c3cc(O)cc(CCCCCCN(C)NC=O)c3)ccc2n1CC)C(C)OC. The molecule has 3 aromatic rings. The number of aromatic hydroxyl groups is 1. The van der Waals surface area contributed by atoms with Crippen molar-refractivity contribution in [3.8, 4) is 16.9 Å². The Hall–Kier alpha value is -4.28. The van der Waals surface area contributed by atoms with Gasteiger partial charge in [0.25, 0.3) is 0 Å². The van der Waals surface area contributed by atoms with E-state index in [1.54, 1.807) is 24.4 Å². The van der Waals surface area contributed by atoms with Crippen LogP contribution in [0, 0.1) is 10.3 Å². The van der Waals surface area contributed by atoms with Gasteiger partial charge in [0.05, 0.1) is 11.8 Å². The second kappa shape index (κ2) is 18.2. The molecule has 0 saturated carbocycles. The number of fused-ring (bicyclic) bond motifs is 1. The maximum absolute atomic E-state index is 10.8. The van der Waals surface area contributed by atoms with Crippen LogP contribution < -0.4 is 5.43 Å². The maximum atomic E-state index is 10.8. The predicted molar refractivity (Wildman–Crippen MR) is 191 cm³/mol. The number of benzene rings is 2. The number of phenols is 1. The molecule has 254 valence electrons. The first kappa shape index (κ1) is 37.2. The lowest BCUT2D eigenvalue weighted by Gasteiger charge is -2.23. The fourth-order valence-electron chi connectivity index (χ4n) is 5.88. The standard InChI is InChI=1S/C37H51N5O5/c1-8-17-38-34(27(3)46-7)23-36-33(24-37(4,5)25-47-40-45)32-22-29(15-16-35(32)42(36)9-2)30-19-28(20-31(44)21-30)14-12-10-11-13-18-41(6)39-26-43/h8,15-17,19-23,26-27,44H,1,9-14,18,24-25H2,2-7H3,(H,39,43)/b34-23+,38-17?. The number of carbonyl (C=O) groups is 1. The first-order valence-corrected chi connectivity index (χ1v) is 16.3. The summed E-state index contributed by atoms with van der Waals surface area (Å²) in [5, 5.41) is 16.2. The molecule has 0 fully saturated rings. The molecule has 0 aliphatic rings. The summed E-state index contributed by atoms with van der Waals surface area (Å²) in [5.74, 6) is 0.243. The zero-order valence-electron chi connectivity index (χ0n) is 28.8. The number of nitrogens with one attached hydrogen (secondary N) is 1. The van der Waals surface area contributed by atoms with E-state index in [9.17, 15) is 14.8 Å². The number of rotatable bonds is 21. The summed E-state index contributed by atoms with van der Waals surface area (Å²) in [5.41, 5.74) is 9.25. The van der Waals surface area contributed by atoms with E-state index in [2.05, 4.69) is 78.0 Å². The molecule has 2 aromatic carbocycles. The largest absolute Gasteiger partial charge is 0.508 e. The van der Waals surface area contributed by atoms with E-state index in [4.69, 9.17) is 9.57 Å². The van der Waals surface area contributed by atoms with Crippen molar-refractivity contribution in [3.63, 3.8) is 0 Å². The lowest BCUT2D eigenvalue weighted by atomic mass is 9.85. The molecule has 1 aromatic heterocycles. The van der Waals surface area contributed by atoms with Gasteiger partial charge in [-0.3, -0.25) is 15.2 Å². The Morgan fingerprint density at radius 3 is 2.60 bits per heavy atom. The fourth-order valence-corrected chi connectivity index (χ4v) is 5.88. The van der Waals surface area contributed by atoms with Crippen molar-refractivity contribution in [1.29, 1.82) is 0 Å². The Bertz CT molecular complexity index is 1560. The quantitative estimate of drug-likeness (QED) is 0.0404. The number of phenolic OH excluding ortho intramolecular Hbond substituents is 1. The van der Waals surface area contributed by atoms with Gasteiger partial charge in [-0.25, -0.2) is 5.01 Å². The number of methoxy groups -OCH3 is 1. The van der Waals surface area contributed by atoms with Gasteiger partial charge in [-0.05, 0) is 92.1 Å². The molecular weight excluding hydrogens is 594 g/mol. The highest BCUT2D eigenvalue weighted by molar-refractivity contribution is 5.92. The number of ether oxygens (including phenoxy) is 1. The molecule has 47 heavy (non-hydrogen) atoms. The predicted octanol–water partition coefficient (Wildman–Crippen LogP) is 7.63. The molecule has 1 unspecified atom stereocenters. The molecule has 1 amide bonds. The van der Waals surface area contributed by atoms with Gasteiger partial charge in [-0.1, -0.05) is 51.5 Å². The second-order valence-electron chi connectivity index (χ2n) is 12.7. The summed E-state index contributed by atoms with van der Waals surface area (Å²) in [6.07, 6.45) is 11.4. The van der Waals surface area contributed by atoms with Gasteiger partial charge in [0, 0.05) is 55.5 Å². The first-order valence-electron chi connectivity index (χ1n) is 16.3. The van der Waals surface area contributed by atoms with Crippen LogP contribution >= 0.6 is 0 Å². The minimum atomic E-state index is -0.393. The van der Waals surface area contributed by atoms with Crippen LogP contribution in [0.5, 0.6) is 5.75 Å². The minimum absolute atomic E-state index is 0.177. The maximum Gasteiger partial charge on any atom is 0.221 e. The zero-order valence-corrected chi connectivity index (χ0v) is 28.8. The van der Waals surface area contributed by atoms with E-state index in [1.165, 1.54) is 0 Å². The van der Waals surface area contributed by atoms with Crippen LogP contribution in [0.3, 0.4) is 0 Å². The summed E-state index contributed by atoms with van der Waals surface area (Å²) in [6, 6.07) is 12.3. The van der Waals surface area contributed by atoms with E-state index in [-0.39, 0.29) is 18.5 Å². The highest BCUT2D eigenvalue weighted by atomic mass is 16.7. The van der Waals surface area contributed by atoms with E-state index in [1.807, 2.05) is 26.1 Å². The monoisotopic (exact) mass is 645 g/mol. The summed E-state index contributed by atoms with van der Waals surface area (Å²) in [4.78, 5) is 31.0. The van der Waals surface area contributed by atoms with E-state index >= 15 is 0 Å². The van der Waals surface area contributed by atoms with Crippen LogP contribution in [0.2, 0.25) is 0 Å². The number of aliphatic imine (C=N–C) groups is 1. The van der Waals surface area contributed by atoms with Crippen molar-refractivity contribution in [2.75, 3.05) is 27.3 Å².